The first-order valence-corrected chi connectivity index (χ1v) is 12.0. The zero-order chi connectivity index (χ0) is 24.2. The van der Waals surface area contributed by atoms with Crippen LogP contribution < -0.4 is 10.6 Å². The van der Waals surface area contributed by atoms with Crippen molar-refractivity contribution in [3.63, 3.8) is 0 Å². The van der Waals surface area contributed by atoms with Crippen molar-refractivity contribution in [3.05, 3.63) is 47.5 Å². The summed E-state index contributed by atoms with van der Waals surface area (Å²) in [6, 6.07) is 7.56. The predicted molar refractivity (Wildman–Crippen MR) is 126 cm³/mol. The lowest BCUT2D eigenvalue weighted by Crippen LogP contribution is -2.56. The third-order valence-corrected chi connectivity index (χ3v) is 6.20. The van der Waals surface area contributed by atoms with Gasteiger partial charge >= 0.3 is 0 Å². The van der Waals surface area contributed by atoms with Crippen LogP contribution in [0.1, 0.15) is 63.5 Å². The highest BCUT2D eigenvalue weighted by molar-refractivity contribution is 5.76. The van der Waals surface area contributed by atoms with Gasteiger partial charge in [-0.3, -0.25) is 4.79 Å². The zero-order valence-corrected chi connectivity index (χ0v) is 19.4. The molecule has 0 radical (unpaired) electrons. The second-order valence-electron chi connectivity index (χ2n) is 8.81. The molecule has 0 aliphatic heterocycles. The molecular weight excluding hydrogens is 424 g/mol. The molecule has 7 N–H and O–H groups in total. The van der Waals surface area contributed by atoms with E-state index in [1.807, 2.05) is 6.07 Å². The number of rotatable bonds is 14. The molecule has 0 saturated carbocycles. The number of hydrogen-bond donors (Lipinski definition) is 7. The van der Waals surface area contributed by atoms with Gasteiger partial charge in [-0.1, -0.05) is 75.4 Å². The number of nitrogens with one attached hydrogen (secondary N) is 2. The molecule has 0 bridgehead atoms. The second kappa shape index (κ2) is 14.5. The molecule has 0 unspecified atom stereocenters. The van der Waals surface area contributed by atoms with Gasteiger partial charge in [0.15, 0.2) is 0 Å². The monoisotopic (exact) mass is 464 g/mol. The van der Waals surface area contributed by atoms with Crippen LogP contribution in [-0.2, 0) is 4.79 Å². The van der Waals surface area contributed by atoms with E-state index in [2.05, 4.69) is 17.6 Å². The molecule has 0 spiro atoms. The zero-order valence-electron chi connectivity index (χ0n) is 19.4. The summed E-state index contributed by atoms with van der Waals surface area (Å²) in [4.78, 5) is 12.6. The number of benzene rings is 1. The summed E-state index contributed by atoms with van der Waals surface area (Å²) >= 11 is 0. The van der Waals surface area contributed by atoms with E-state index in [0.29, 0.717) is 12.0 Å². The van der Waals surface area contributed by atoms with E-state index in [1.54, 1.807) is 24.3 Å². The fourth-order valence-corrected chi connectivity index (χ4v) is 4.10. The molecule has 1 aliphatic rings. The highest BCUT2D eigenvalue weighted by Crippen LogP contribution is 2.21. The lowest BCUT2D eigenvalue weighted by molar-refractivity contribution is -0.122. The number of aliphatic hydroxyl groups is 5. The van der Waals surface area contributed by atoms with Gasteiger partial charge in [-0.15, -0.1) is 0 Å². The van der Waals surface area contributed by atoms with Crippen molar-refractivity contribution in [2.75, 3.05) is 13.2 Å². The van der Waals surface area contributed by atoms with Crippen molar-refractivity contribution in [1.82, 2.24) is 10.6 Å². The summed E-state index contributed by atoms with van der Waals surface area (Å²) in [6.45, 7) is 1.82. The quantitative estimate of drug-likeness (QED) is 0.160. The average molecular weight is 465 g/mol. The van der Waals surface area contributed by atoms with Crippen LogP contribution in [0.4, 0.5) is 0 Å². The van der Waals surface area contributed by atoms with E-state index in [4.69, 9.17) is 0 Å². The molecule has 8 heteroatoms. The lowest BCUT2D eigenvalue weighted by atomic mass is 9.88. The fraction of sp³-hybridized carbons (Fsp3) is 0.640. The maximum atomic E-state index is 12.6. The van der Waals surface area contributed by atoms with Crippen molar-refractivity contribution in [1.29, 1.82) is 0 Å². The molecule has 0 heterocycles. The second-order valence-corrected chi connectivity index (χ2v) is 8.81. The molecule has 1 aromatic rings. The molecule has 6 atom stereocenters. The summed E-state index contributed by atoms with van der Waals surface area (Å²) in [6.07, 6.45) is 3.19. The van der Waals surface area contributed by atoms with E-state index in [1.165, 1.54) is 25.3 Å². The molecule has 8 nitrogen and oxygen atoms in total. The third kappa shape index (κ3) is 8.48. The van der Waals surface area contributed by atoms with Crippen LogP contribution in [0.5, 0.6) is 0 Å². The third-order valence-electron chi connectivity index (χ3n) is 6.20. The minimum atomic E-state index is -1.45. The first-order chi connectivity index (χ1) is 15.9. The smallest absolute Gasteiger partial charge is 0.220 e. The van der Waals surface area contributed by atoms with Gasteiger partial charge in [0, 0.05) is 13.0 Å². The Balaban J connectivity index is 2.01. The predicted octanol–water partition coefficient (Wildman–Crippen LogP) is 0.929. The van der Waals surface area contributed by atoms with Crippen LogP contribution in [0.2, 0.25) is 0 Å². The molecule has 0 saturated heterocycles. The normalized spacial score (nSPS) is 24.7. The number of amides is 1. The maximum Gasteiger partial charge on any atom is 0.220 e. The first kappa shape index (κ1) is 27.4. The van der Waals surface area contributed by atoms with Gasteiger partial charge in [-0.2, -0.15) is 0 Å². The summed E-state index contributed by atoms with van der Waals surface area (Å²) < 4.78 is 0. The largest absolute Gasteiger partial charge is 0.392 e. The first-order valence-electron chi connectivity index (χ1n) is 12.0. The van der Waals surface area contributed by atoms with Gasteiger partial charge in [-0.05, 0) is 17.6 Å². The highest BCUT2D eigenvalue weighted by atomic mass is 16.4. The highest BCUT2D eigenvalue weighted by Gasteiger charge is 2.37. The number of carbonyl (C=O) groups excluding carboxylic acids is 1. The minimum absolute atomic E-state index is 0.109. The molecule has 0 fully saturated rings. The summed E-state index contributed by atoms with van der Waals surface area (Å²) in [5.74, 6) is -0.154. The van der Waals surface area contributed by atoms with Crippen molar-refractivity contribution in [3.8, 4) is 0 Å². The Kier molecular flexibility index (Phi) is 12.0. The van der Waals surface area contributed by atoms with Crippen LogP contribution in [-0.4, -0.2) is 75.0 Å². The molecule has 186 valence electrons. The van der Waals surface area contributed by atoms with Crippen LogP contribution >= 0.6 is 0 Å². The Hall–Kier alpha value is -1.81. The molecule has 2 rings (SSSR count). The Morgan fingerprint density at radius 2 is 1.67 bits per heavy atom. The van der Waals surface area contributed by atoms with Crippen molar-refractivity contribution in [2.24, 2.45) is 0 Å². The number of unbranched alkanes of at least 4 members (excludes halogenated alkanes) is 5. The van der Waals surface area contributed by atoms with Gasteiger partial charge in [0.25, 0.3) is 0 Å². The molecule has 0 aromatic heterocycles. The van der Waals surface area contributed by atoms with E-state index >= 15 is 0 Å². The Labute approximate surface area is 196 Å². The molecule has 1 aromatic carbocycles. The summed E-state index contributed by atoms with van der Waals surface area (Å²) in [5, 5.41) is 56.6. The van der Waals surface area contributed by atoms with Crippen LogP contribution in [0.3, 0.4) is 0 Å². The van der Waals surface area contributed by atoms with Crippen LogP contribution in [0.25, 0.3) is 0 Å². The van der Waals surface area contributed by atoms with Gasteiger partial charge in [0.1, 0.15) is 24.4 Å². The van der Waals surface area contributed by atoms with Crippen LogP contribution in [0, 0.1) is 0 Å². The Bertz CT molecular complexity index is 729. The van der Waals surface area contributed by atoms with Gasteiger partial charge in [0.2, 0.25) is 5.91 Å². The number of carbonyl (C=O) groups is 1. The van der Waals surface area contributed by atoms with Gasteiger partial charge in [-0.25, -0.2) is 0 Å². The van der Waals surface area contributed by atoms with Crippen molar-refractivity contribution >= 4 is 5.91 Å². The fourth-order valence-electron chi connectivity index (χ4n) is 4.10. The molecule has 1 amide bonds. The van der Waals surface area contributed by atoms with Gasteiger partial charge in [0.05, 0.1) is 18.7 Å². The average Bonchev–Trinajstić information content (AvgIpc) is 2.83. The van der Waals surface area contributed by atoms with E-state index < -0.39 is 43.1 Å². The van der Waals surface area contributed by atoms with E-state index in [0.717, 1.165) is 19.3 Å². The SMILES string of the molecule is CCCCCCCCC(=O)N[C@H](CN[C@@H]1C=C(CO)[C@@H](O)[C@H](O)[C@H]1O)[C@H](O)c1ccccc1. The number of aliphatic hydroxyl groups excluding tert-OH is 5. The Morgan fingerprint density at radius 3 is 2.33 bits per heavy atom. The van der Waals surface area contributed by atoms with Crippen molar-refractivity contribution < 1.29 is 30.3 Å². The summed E-state index contributed by atoms with van der Waals surface area (Å²) in [5.41, 5.74) is 0.855. The topological polar surface area (TPSA) is 142 Å². The van der Waals surface area contributed by atoms with E-state index in [9.17, 15) is 30.3 Å². The van der Waals surface area contributed by atoms with Crippen molar-refractivity contribution in [2.45, 2.75) is 88.4 Å². The summed E-state index contributed by atoms with van der Waals surface area (Å²) in [7, 11) is 0. The standard InChI is InChI=1S/C25H40N2O6/c1-2-3-4-5-6-10-13-21(29)27-20(22(30)17-11-8-7-9-12-17)15-26-19-14-18(16-28)23(31)25(33)24(19)32/h7-9,11-12,14,19-20,22-26,28,30-33H,2-6,10,13,15-16H2,1H3,(H,27,29)/t19-,20-,22-,23-,24+,25+/m1/s1. The molecule has 33 heavy (non-hydrogen) atoms. The van der Waals surface area contributed by atoms with E-state index in [-0.39, 0.29) is 18.0 Å². The molecule has 1 aliphatic carbocycles. The number of hydrogen-bond acceptors (Lipinski definition) is 7. The molecular formula is C25H40N2O6. The Morgan fingerprint density at radius 1 is 1.00 bits per heavy atom. The van der Waals surface area contributed by atoms with Gasteiger partial charge < -0.3 is 36.2 Å². The minimum Gasteiger partial charge on any atom is -0.392 e. The lowest BCUT2D eigenvalue weighted by Gasteiger charge is -2.36. The van der Waals surface area contributed by atoms with Crippen LogP contribution in [0.15, 0.2) is 42.0 Å². The maximum absolute atomic E-state index is 12.6.